The fourth-order valence-corrected chi connectivity index (χ4v) is 0.587. The van der Waals surface area contributed by atoms with Gasteiger partial charge >= 0.3 is 0 Å². The highest BCUT2D eigenvalue weighted by Gasteiger charge is 1.91. The molecule has 1 rings (SSSR count). The molecule has 1 aromatic heterocycles. The van der Waals surface area contributed by atoms with Gasteiger partial charge in [0.05, 0.1) is 0 Å². The number of rotatable bonds is 0. The van der Waals surface area contributed by atoms with E-state index in [9.17, 15) is 0 Å². The third kappa shape index (κ3) is 0.840. The molecule has 0 unspecified atom stereocenters. The molecule has 46 valence electrons. The van der Waals surface area contributed by atoms with Gasteiger partial charge in [-0.3, -0.25) is 0 Å². The zero-order valence-corrected chi connectivity index (χ0v) is 5.59. The summed E-state index contributed by atoms with van der Waals surface area (Å²) < 4.78 is 3.09. The Bertz CT molecular complexity index is 301. The Kier molecular flexibility index (Phi) is 1.32. The number of hydrogen-bond donors (Lipinski definition) is 0. The summed E-state index contributed by atoms with van der Waals surface area (Å²) in [5.74, 6) is 0. The average molecular weight is 140 g/mol. The zero-order chi connectivity index (χ0) is 6.85. The number of aromatic nitrogens is 3. The van der Waals surface area contributed by atoms with Crippen molar-refractivity contribution in [2.45, 2.75) is 0 Å². The van der Waals surface area contributed by atoms with Crippen molar-refractivity contribution in [3.05, 3.63) is 11.1 Å². The Morgan fingerprint density at radius 3 is 2.78 bits per heavy atom. The van der Waals surface area contributed by atoms with Crippen LogP contribution in [0.4, 0.5) is 0 Å². The van der Waals surface area contributed by atoms with E-state index in [2.05, 4.69) is 5.10 Å². The summed E-state index contributed by atoms with van der Waals surface area (Å²) in [4.78, 5) is 0. The van der Waals surface area contributed by atoms with E-state index in [-0.39, 0.29) is 0 Å². The second-order valence-corrected chi connectivity index (χ2v) is 1.87. The van der Waals surface area contributed by atoms with Crippen molar-refractivity contribution >= 4 is 12.2 Å². The Hall–Kier alpha value is -1.15. The maximum Gasteiger partial charge on any atom is 0.211 e. The first-order valence-corrected chi connectivity index (χ1v) is 2.67. The molecular weight excluding hydrogens is 136 g/mol. The molecule has 0 N–H and O–H groups in total. The van der Waals surface area contributed by atoms with E-state index in [1.807, 2.05) is 6.19 Å². The van der Waals surface area contributed by atoms with Crippen LogP contribution in [0, 0.1) is 16.2 Å². The number of nitriles is 1. The van der Waals surface area contributed by atoms with Crippen LogP contribution >= 0.6 is 12.2 Å². The summed E-state index contributed by atoms with van der Waals surface area (Å²) in [6, 6.07) is 0. The maximum absolute atomic E-state index is 8.32. The van der Waals surface area contributed by atoms with Gasteiger partial charge in [0.2, 0.25) is 4.77 Å². The third-order valence-electron chi connectivity index (χ3n) is 0.931. The molecule has 0 aliphatic heterocycles. The van der Waals surface area contributed by atoms with E-state index < -0.39 is 0 Å². The highest BCUT2D eigenvalue weighted by atomic mass is 32.1. The molecule has 0 amide bonds. The van der Waals surface area contributed by atoms with Gasteiger partial charge in [-0.1, -0.05) is 0 Å². The van der Waals surface area contributed by atoms with E-state index in [1.54, 1.807) is 7.05 Å². The molecule has 0 spiro atoms. The Morgan fingerprint density at radius 1 is 1.89 bits per heavy atom. The molecular formula is C4H4N4S. The fraction of sp³-hybridized carbons (Fsp3) is 0.250. The second-order valence-electron chi connectivity index (χ2n) is 1.51. The molecule has 0 aromatic carbocycles. The lowest BCUT2D eigenvalue weighted by Crippen LogP contribution is -1.91. The molecule has 4 nitrogen and oxygen atoms in total. The summed E-state index contributed by atoms with van der Waals surface area (Å²) in [7, 11) is 1.69. The van der Waals surface area contributed by atoms with Gasteiger partial charge in [-0.15, -0.1) is 0 Å². The molecule has 0 aliphatic rings. The SMILES string of the molecule is Cn1ncn(C#N)c1=S. The van der Waals surface area contributed by atoms with Crippen molar-refractivity contribution in [3.63, 3.8) is 0 Å². The van der Waals surface area contributed by atoms with Crippen LogP contribution in [0.15, 0.2) is 6.33 Å². The third-order valence-corrected chi connectivity index (χ3v) is 1.39. The van der Waals surface area contributed by atoms with Crippen LogP contribution in [-0.2, 0) is 7.05 Å². The van der Waals surface area contributed by atoms with E-state index in [1.165, 1.54) is 15.6 Å². The van der Waals surface area contributed by atoms with Crippen molar-refractivity contribution < 1.29 is 0 Å². The van der Waals surface area contributed by atoms with E-state index in [4.69, 9.17) is 17.5 Å². The van der Waals surface area contributed by atoms with Crippen LogP contribution in [0.3, 0.4) is 0 Å². The van der Waals surface area contributed by atoms with Gasteiger partial charge in [-0.2, -0.15) is 10.4 Å². The van der Waals surface area contributed by atoms with Crippen LogP contribution in [0.1, 0.15) is 0 Å². The monoisotopic (exact) mass is 140 g/mol. The first-order valence-electron chi connectivity index (χ1n) is 2.26. The molecule has 0 aliphatic carbocycles. The molecule has 1 heterocycles. The smallest absolute Gasteiger partial charge is 0.211 e. The second kappa shape index (κ2) is 1.99. The molecule has 9 heavy (non-hydrogen) atoms. The van der Waals surface area contributed by atoms with Crippen LogP contribution < -0.4 is 0 Å². The minimum atomic E-state index is 0.414. The van der Waals surface area contributed by atoms with Gasteiger partial charge in [0.25, 0.3) is 0 Å². The topological polar surface area (TPSA) is 46.5 Å². The Morgan fingerprint density at radius 2 is 2.56 bits per heavy atom. The van der Waals surface area contributed by atoms with Gasteiger partial charge in [-0.05, 0) is 12.2 Å². The molecule has 5 heteroatoms. The number of nitrogens with zero attached hydrogens (tertiary/aromatic N) is 4. The van der Waals surface area contributed by atoms with Crippen molar-refractivity contribution in [1.29, 1.82) is 5.26 Å². The predicted molar refractivity (Wildman–Crippen MR) is 33.0 cm³/mol. The largest absolute Gasteiger partial charge is 0.241 e. The fourth-order valence-electron chi connectivity index (χ4n) is 0.452. The minimum Gasteiger partial charge on any atom is -0.241 e. The summed E-state index contributed by atoms with van der Waals surface area (Å²) in [6.07, 6.45) is 3.22. The molecule has 0 saturated carbocycles. The van der Waals surface area contributed by atoms with Crippen molar-refractivity contribution in [2.75, 3.05) is 0 Å². The van der Waals surface area contributed by atoms with Gasteiger partial charge in [-0.25, -0.2) is 9.25 Å². The lowest BCUT2D eigenvalue weighted by Gasteiger charge is -1.81. The molecule has 0 atom stereocenters. The van der Waals surface area contributed by atoms with Crippen LogP contribution in [0.25, 0.3) is 0 Å². The lowest BCUT2D eigenvalue weighted by molar-refractivity contribution is 0.750. The Balaban J connectivity index is 3.42. The van der Waals surface area contributed by atoms with Crippen molar-refractivity contribution in [2.24, 2.45) is 7.05 Å². The standard InChI is InChI=1S/C4H4N4S/c1-7-4(9)8(2-5)3-6-7/h3H,1H3. The quantitative estimate of drug-likeness (QED) is 0.486. The number of aryl methyl sites for hydroxylation is 1. The first kappa shape index (κ1) is 5.98. The molecule has 1 aromatic rings. The predicted octanol–water partition coefficient (Wildman–Crippen LogP) is 0.280. The summed E-state index contributed by atoms with van der Waals surface area (Å²) in [6.45, 7) is 0. The summed E-state index contributed by atoms with van der Waals surface area (Å²) in [5.41, 5.74) is 0. The van der Waals surface area contributed by atoms with E-state index >= 15 is 0 Å². The highest BCUT2D eigenvalue weighted by molar-refractivity contribution is 7.71. The zero-order valence-electron chi connectivity index (χ0n) is 4.77. The first-order chi connectivity index (χ1) is 4.25. The molecule has 0 fully saturated rings. The molecule has 0 bridgehead atoms. The summed E-state index contributed by atoms with van der Waals surface area (Å²) >= 11 is 4.77. The normalized spacial score (nSPS) is 8.89. The van der Waals surface area contributed by atoms with Crippen LogP contribution in [-0.4, -0.2) is 14.3 Å². The average Bonchev–Trinajstić information content (AvgIpc) is 2.15. The van der Waals surface area contributed by atoms with Crippen LogP contribution in [0.5, 0.6) is 0 Å². The van der Waals surface area contributed by atoms with Crippen molar-refractivity contribution in [1.82, 2.24) is 14.3 Å². The molecule has 0 saturated heterocycles. The van der Waals surface area contributed by atoms with Crippen molar-refractivity contribution in [3.8, 4) is 6.19 Å². The lowest BCUT2D eigenvalue weighted by atomic mass is 11.0. The maximum atomic E-state index is 8.32. The van der Waals surface area contributed by atoms with Gasteiger partial charge in [0.1, 0.15) is 6.33 Å². The number of hydrogen-bond acceptors (Lipinski definition) is 3. The highest BCUT2D eigenvalue weighted by Crippen LogP contribution is 1.85. The van der Waals surface area contributed by atoms with Gasteiger partial charge in [0, 0.05) is 7.05 Å². The van der Waals surface area contributed by atoms with Gasteiger partial charge in [0.15, 0.2) is 6.19 Å². The summed E-state index contributed by atoms with van der Waals surface area (Å²) in [5, 5.41) is 12.1. The minimum absolute atomic E-state index is 0.414. The molecule has 0 radical (unpaired) electrons. The van der Waals surface area contributed by atoms with E-state index in [0.717, 1.165) is 0 Å². The van der Waals surface area contributed by atoms with Crippen LogP contribution in [0.2, 0.25) is 0 Å². The van der Waals surface area contributed by atoms with E-state index in [0.29, 0.717) is 4.77 Å². The Labute approximate surface area is 56.9 Å². The van der Waals surface area contributed by atoms with Gasteiger partial charge < -0.3 is 0 Å².